The number of ether oxygens (including phenoxy) is 1. The van der Waals surface area contributed by atoms with Crippen molar-refractivity contribution in [3.8, 4) is 28.3 Å². The molecule has 0 saturated carbocycles. The molecule has 6 rings (SSSR count). The molecule has 1 N–H and O–H groups in total. The number of halogens is 2. The highest BCUT2D eigenvalue weighted by atomic mass is 35.5. The molecule has 2 aromatic carbocycles. The van der Waals surface area contributed by atoms with Crippen LogP contribution in [-0.2, 0) is 24.4 Å². The van der Waals surface area contributed by atoms with Crippen LogP contribution in [0.2, 0.25) is 5.02 Å². The number of likely N-dealkylation sites (N-methyl/N-ethyl adjacent to an activating group) is 1. The summed E-state index contributed by atoms with van der Waals surface area (Å²) in [6, 6.07) is 16.2. The summed E-state index contributed by atoms with van der Waals surface area (Å²) in [7, 11) is 3.55. The van der Waals surface area contributed by atoms with Gasteiger partial charge >= 0.3 is 0 Å². The largest absolute Gasteiger partial charge is 0.486 e. The minimum Gasteiger partial charge on any atom is -0.486 e. The Hall–Kier alpha value is -3.92. The average Bonchev–Trinajstić information content (AvgIpc) is 3.46. The van der Waals surface area contributed by atoms with Crippen molar-refractivity contribution in [1.82, 2.24) is 25.4 Å². The molecular weight excluding hydrogens is 549 g/mol. The van der Waals surface area contributed by atoms with Gasteiger partial charge in [-0.2, -0.15) is 0 Å². The fourth-order valence-electron chi connectivity index (χ4n) is 4.90. The first kappa shape index (κ1) is 26.3. The molecule has 0 aliphatic carbocycles. The van der Waals surface area contributed by atoms with Crippen LogP contribution >= 0.6 is 22.9 Å². The summed E-state index contributed by atoms with van der Waals surface area (Å²) in [5.74, 6) is 0.110. The molecule has 0 spiro atoms. The second-order valence-electron chi connectivity index (χ2n) is 9.78. The molecule has 1 aliphatic heterocycles. The molecule has 1 unspecified atom stereocenters. The van der Waals surface area contributed by atoms with Crippen LogP contribution in [0.5, 0.6) is 5.75 Å². The van der Waals surface area contributed by atoms with Gasteiger partial charge in [-0.3, -0.25) is 9.78 Å². The number of benzene rings is 2. The zero-order valence-corrected chi connectivity index (χ0v) is 23.4. The number of rotatable bonds is 6. The van der Waals surface area contributed by atoms with Gasteiger partial charge in [0.25, 0.3) is 0 Å². The summed E-state index contributed by atoms with van der Waals surface area (Å²) in [6.45, 7) is 0.553. The fraction of sp³-hybridized carbons (Fsp3) is 0.200. The Morgan fingerprint density at radius 1 is 1.12 bits per heavy atom. The van der Waals surface area contributed by atoms with E-state index in [4.69, 9.17) is 16.3 Å². The van der Waals surface area contributed by atoms with E-state index in [1.807, 2.05) is 23.6 Å². The number of hydrogen-bond acceptors (Lipinski definition) is 7. The van der Waals surface area contributed by atoms with Crippen molar-refractivity contribution in [2.75, 3.05) is 14.1 Å². The molecule has 1 atom stereocenters. The van der Waals surface area contributed by atoms with E-state index in [1.54, 1.807) is 42.5 Å². The summed E-state index contributed by atoms with van der Waals surface area (Å²) in [5, 5.41) is 16.1. The molecule has 202 valence electrons. The second-order valence-corrected chi connectivity index (χ2v) is 11.1. The van der Waals surface area contributed by atoms with Gasteiger partial charge in [0.2, 0.25) is 5.91 Å². The molecule has 0 fully saturated rings. The lowest BCUT2D eigenvalue weighted by atomic mass is 9.92. The molecule has 0 saturated heterocycles. The molecule has 40 heavy (non-hydrogen) atoms. The first-order valence-corrected chi connectivity index (χ1v) is 14.0. The summed E-state index contributed by atoms with van der Waals surface area (Å²) >= 11 is 7.85. The second kappa shape index (κ2) is 10.9. The molecule has 7 nitrogen and oxygen atoms in total. The molecule has 5 aromatic rings. The van der Waals surface area contributed by atoms with E-state index < -0.39 is 5.82 Å². The molecule has 1 amide bonds. The first-order valence-electron chi connectivity index (χ1n) is 12.7. The van der Waals surface area contributed by atoms with E-state index in [2.05, 4.69) is 32.6 Å². The normalized spacial score (nSPS) is 14.7. The predicted octanol–water partition coefficient (Wildman–Crippen LogP) is 5.89. The molecule has 0 bridgehead atoms. The van der Waals surface area contributed by atoms with Crippen molar-refractivity contribution in [3.63, 3.8) is 0 Å². The van der Waals surface area contributed by atoms with Crippen LogP contribution in [0.25, 0.3) is 32.6 Å². The Morgan fingerprint density at radius 3 is 2.80 bits per heavy atom. The van der Waals surface area contributed by atoms with E-state index >= 15 is 0 Å². The van der Waals surface area contributed by atoms with E-state index in [9.17, 15) is 9.18 Å². The van der Waals surface area contributed by atoms with Crippen LogP contribution in [0.4, 0.5) is 4.39 Å². The van der Waals surface area contributed by atoms with E-state index in [0.717, 1.165) is 32.5 Å². The van der Waals surface area contributed by atoms with Gasteiger partial charge < -0.3 is 15.0 Å². The third-order valence-corrected chi connectivity index (χ3v) is 8.12. The van der Waals surface area contributed by atoms with Gasteiger partial charge in [0.15, 0.2) is 0 Å². The zero-order chi connectivity index (χ0) is 27.8. The number of aromatic nitrogens is 3. The lowest BCUT2D eigenvalue weighted by molar-refractivity contribution is -0.131. The van der Waals surface area contributed by atoms with Crippen LogP contribution in [-0.4, -0.2) is 46.1 Å². The van der Waals surface area contributed by atoms with Crippen LogP contribution in [0.15, 0.2) is 66.2 Å². The van der Waals surface area contributed by atoms with Crippen molar-refractivity contribution in [2.45, 2.75) is 25.6 Å². The highest BCUT2D eigenvalue weighted by molar-refractivity contribution is 7.17. The number of fused-ring (bicyclic) bond motifs is 2. The van der Waals surface area contributed by atoms with Crippen molar-refractivity contribution in [1.29, 1.82) is 0 Å². The number of hydrogen-bond donors (Lipinski definition) is 1. The monoisotopic (exact) mass is 573 g/mol. The van der Waals surface area contributed by atoms with Gasteiger partial charge in [0, 0.05) is 48.4 Å². The third kappa shape index (κ3) is 5.03. The van der Waals surface area contributed by atoms with Crippen LogP contribution in [0, 0.1) is 5.82 Å². The maximum Gasteiger partial charge on any atom is 0.239 e. The number of thiophene rings is 1. The van der Waals surface area contributed by atoms with Crippen LogP contribution < -0.4 is 10.1 Å². The first-order chi connectivity index (χ1) is 19.4. The van der Waals surface area contributed by atoms with Gasteiger partial charge in [-0.15, -0.1) is 21.5 Å². The lowest BCUT2D eigenvalue weighted by Crippen LogP contribution is -2.47. The van der Waals surface area contributed by atoms with E-state index in [1.165, 1.54) is 18.3 Å². The zero-order valence-electron chi connectivity index (χ0n) is 21.8. The van der Waals surface area contributed by atoms with Crippen LogP contribution in [0.3, 0.4) is 0 Å². The highest BCUT2D eigenvalue weighted by Crippen LogP contribution is 2.40. The van der Waals surface area contributed by atoms with Gasteiger partial charge in [-0.25, -0.2) is 4.39 Å². The quantitative estimate of drug-likeness (QED) is 0.273. The highest BCUT2D eigenvalue weighted by Gasteiger charge is 2.26. The van der Waals surface area contributed by atoms with E-state index in [0.29, 0.717) is 35.0 Å². The maximum absolute atomic E-state index is 14.1. The summed E-state index contributed by atoms with van der Waals surface area (Å²) in [4.78, 5) is 18.1. The minimum atomic E-state index is -0.434. The van der Waals surface area contributed by atoms with Crippen molar-refractivity contribution >= 4 is 38.9 Å². The Kier molecular flexibility index (Phi) is 7.18. The maximum atomic E-state index is 14.1. The Labute approximate surface area is 239 Å². The van der Waals surface area contributed by atoms with Crippen molar-refractivity contribution in [3.05, 3.63) is 93.8 Å². The number of carbonyl (C=O) groups excluding carboxylic acids is 1. The van der Waals surface area contributed by atoms with Gasteiger partial charge in [-0.05, 0) is 65.4 Å². The van der Waals surface area contributed by atoms with E-state index in [-0.39, 0.29) is 24.2 Å². The van der Waals surface area contributed by atoms with Gasteiger partial charge in [0.1, 0.15) is 35.3 Å². The predicted molar refractivity (Wildman–Crippen MR) is 155 cm³/mol. The summed E-state index contributed by atoms with van der Waals surface area (Å²) < 4.78 is 21.1. The molecule has 1 aliphatic rings. The standard InChI is InChI=1S/C30H25ClFN5O2S/c1-37(2)30(38)24-13-17-5-6-18(12-19(17)15-34-24)27-22-9-11-40-29(22)28(36-35-27)21-8-7-20(31)14-26(21)39-16-25-23(32)4-3-10-33-25/h3-12,14,24,34H,13,15-16H2,1-2H3. The summed E-state index contributed by atoms with van der Waals surface area (Å²) in [6.07, 6.45) is 2.17. The number of pyridine rings is 1. The molecule has 4 heterocycles. The lowest BCUT2D eigenvalue weighted by Gasteiger charge is -2.27. The topological polar surface area (TPSA) is 80.2 Å². The minimum absolute atomic E-state index is 0.0523. The fourth-order valence-corrected chi connectivity index (χ4v) is 5.95. The molecule has 0 radical (unpaired) electrons. The molecule has 10 heteroatoms. The SMILES string of the molecule is CN(C)C(=O)C1Cc2ccc(-c3nnc(-c4ccc(Cl)cc4OCc4ncccc4F)c4sccc34)cc2CN1. The summed E-state index contributed by atoms with van der Waals surface area (Å²) in [5.41, 5.74) is 5.60. The van der Waals surface area contributed by atoms with Crippen molar-refractivity contribution in [2.24, 2.45) is 0 Å². The number of amides is 1. The third-order valence-electron chi connectivity index (χ3n) is 6.96. The van der Waals surface area contributed by atoms with Gasteiger partial charge in [0.05, 0.1) is 10.7 Å². The Bertz CT molecular complexity index is 1740. The number of nitrogens with one attached hydrogen (secondary N) is 1. The average molecular weight is 574 g/mol. The Morgan fingerprint density at radius 2 is 1.98 bits per heavy atom. The van der Waals surface area contributed by atoms with Gasteiger partial charge in [-0.1, -0.05) is 23.7 Å². The number of carbonyl (C=O) groups is 1. The molecule has 3 aromatic heterocycles. The van der Waals surface area contributed by atoms with Crippen molar-refractivity contribution < 1.29 is 13.9 Å². The number of nitrogens with zero attached hydrogens (tertiary/aromatic N) is 4. The van der Waals surface area contributed by atoms with Crippen LogP contribution in [0.1, 0.15) is 16.8 Å². The molecular formula is C30H25ClFN5O2S. The smallest absolute Gasteiger partial charge is 0.239 e. The Balaban J connectivity index is 1.34.